The topological polar surface area (TPSA) is 37.3 Å². The number of aliphatic carboxylic acids is 1. The third kappa shape index (κ3) is 26.9. The van der Waals surface area contributed by atoms with E-state index in [0.717, 1.165) is 12.8 Å². The molecule has 0 amide bonds. The number of hydrogen-bond donors (Lipinski definition) is 1. The van der Waals surface area contributed by atoms with Crippen molar-refractivity contribution in [2.45, 2.75) is 142 Å². The minimum atomic E-state index is -0.660. The summed E-state index contributed by atoms with van der Waals surface area (Å²) in [5.41, 5.74) is 0. The summed E-state index contributed by atoms with van der Waals surface area (Å²) in [6.45, 7) is 2.28. The zero-order valence-corrected chi connectivity index (χ0v) is 19.5. The van der Waals surface area contributed by atoms with Crippen molar-refractivity contribution in [3.05, 3.63) is 24.3 Å². The Morgan fingerprint density at radius 3 is 1.28 bits per heavy atom. The van der Waals surface area contributed by atoms with Crippen molar-refractivity contribution in [3.63, 3.8) is 0 Å². The van der Waals surface area contributed by atoms with Gasteiger partial charge in [0.2, 0.25) is 0 Å². The van der Waals surface area contributed by atoms with Gasteiger partial charge in [-0.3, -0.25) is 4.79 Å². The predicted octanol–water partition coefficient (Wildman–Crippen LogP) is 9.40. The molecule has 0 aliphatic rings. The number of rotatable bonds is 23. The summed E-state index contributed by atoms with van der Waals surface area (Å²) >= 11 is 0. The van der Waals surface area contributed by atoms with E-state index >= 15 is 0 Å². The van der Waals surface area contributed by atoms with Gasteiger partial charge in [-0.05, 0) is 32.1 Å². The molecule has 0 aliphatic carbocycles. The Bertz CT molecular complexity index is 384. The maximum absolute atomic E-state index is 10.4. The monoisotopic (exact) mass is 406 g/mol. The Hall–Kier alpha value is -1.05. The molecule has 0 heterocycles. The van der Waals surface area contributed by atoms with Crippen LogP contribution < -0.4 is 0 Å². The second-order valence-corrected chi connectivity index (χ2v) is 8.59. The molecule has 0 spiro atoms. The van der Waals surface area contributed by atoms with Crippen LogP contribution in [0.4, 0.5) is 0 Å². The second kappa shape index (κ2) is 25.0. The Balaban J connectivity index is 3.17. The van der Waals surface area contributed by atoms with E-state index in [2.05, 4.69) is 31.2 Å². The standard InChI is InChI=1S/C27H50O2/c1-2-3-4-5-6-7-8-9-10-11-12-13-14-15-16-17-18-19-20-21-22-23-24-25-26-27(28)29/h13-16H,2-12,17-26H2,1H3,(H,28,29). The highest BCUT2D eigenvalue weighted by atomic mass is 16.4. The van der Waals surface area contributed by atoms with Gasteiger partial charge >= 0.3 is 5.97 Å². The number of allylic oxidation sites excluding steroid dienone is 4. The van der Waals surface area contributed by atoms with Gasteiger partial charge < -0.3 is 5.11 Å². The molecule has 29 heavy (non-hydrogen) atoms. The van der Waals surface area contributed by atoms with Crippen LogP contribution in [0.3, 0.4) is 0 Å². The van der Waals surface area contributed by atoms with E-state index in [1.54, 1.807) is 0 Å². The van der Waals surface area contributed by atoms with Crippen molar-refractivity contribution in [1.82, 2.24) is 0 Å². The lowest BCUT2D eigenvalue weighted by molar-refractivity contribution is -0.137. The van der Waals surface area contributed by atoms with E-state index in [9.17, 15) is 4.79 Å². The van der Waals surface area contributed by atoms with Crippen LogP contribution in [0, 0.1) is 0 Å². The number of carboxylic acid groups (broad SMARTS) is 1. The van der Waals surface area contributed by atoms with Gasteiger partial charge in [0.25, 0.3) is 0 Å². The van der Waals surface area contributed by atoms with Gasteiger partial charge in [0.15, 0.2) is 0 Å². The molecule has 0 atom stereocenters. The number of carboxylic acids is 1. The van der Waals surface area contributed by atoms with Gasteiger partial charge in [-0.15, -0.1) is 0 Å². The lowest BCUT2D eigenvalue weighted by atomic mass is 10.1. The van der Waals surface area contributed by atoms with Gasteiger partial charge in [0, 0.05) is 6.42 Å². The first-order valence-corrected chi connectivity index (χ1v) is 12.8. The highest BCUT2D eigenvalue weighted by Crippen LogP contribution is 2.12. The fraction of sp³-hybridized carbons (Fsp3) is 0.815. The summed E-state index contributed by atoms with van der Waals surface area (Å²) in [6, 6.07) is 0. The van der Waals surface area contributed by atoms with Gasteiger partial charge in [-0.2, -0.15) is 0 Å². The highest BCUT2D eigenvalue weighted by molar-refractivity contribution is 5.66. The Labute approximate surface area is 182 Å². The van der Waals surface area contributed by atoms with Crippen LogP contribution >= 0.6 is 0 Å². The lowest BCUT2D eigenvalue weighted by Gasteiger charge is -2.01. The molecule has 0 unspecified atom stereocenters. The summed E-state index contributed by atoms with van der Waals surface area (Å²) in [6.07, 6.45) is 35.5. The molecule has 2 nitrogen and oxygen atoms in total. The highest BCUT2D eigenvalue weighted by Gasteiger charge is 1.96. The SMILES string of the molecule is CCCCCCCCCCCCC=CC=CCCCCCCCCCCC(=O)O. The molecule has 2 heteroatoms. The van der Waals surface area contributed by atoms with Crippen LogP contribution in [0.25, 0.3) is 0 Å². The maximum Gasteiger partial charge on any atom is 0.303 e. The van der Waals surface area contributed by atoms with E-state index in [1.165, 1.54) is 116 Å². The molecule has 0 aromatic carbocycles. The second-order valence-electron chi connectivity index (χ2n) is 8.59. The molecule has 0 aliphatic heterocycles. The third-order valence-corrected chi connectivity index (χ3v) is 5.62. The first-order valence-electron chi connectivity index (χ1n) is 12.8. The quantitative estimate of drug-likeness (QED) is 0.135. The first-order chi connectivity index (χ1) is 14.3. The van der Waals surface area contributed by atoms with Crippen molar-refractivity contribution in [3.8, 4) is 0 Å². The molecule has 0 aromatic rings. The molecular weight excluding hydrogens is 356 g/mol. The molecular formula is C27H50O2. The van der Waals surface area contributed by atoms with Gasteiger partial charge in [-0.1, -0.05) is 128 Å². The van der Waals surface area contributed by atoms with E-state index in [4.69, 9.17) is 5.11 Å². The first kappa shape index (κ1) is 27.9. The normalized spacial score (nSPS) is 11.8. The summed E-state index contributed by atoms with van der Waals surface area (Å²) in [4.78, 5) is 10.4. The van der Waals surface area contributed by atoms with Crippen molar-refractivity contribution in [1.29, 1.82) is 0 Å². The number of carbonyl (C=O) groups is 1. The Morgan fingerprint density at radius 2 is 0.897 bits per heavy atom. The van der Waals surface area contributed by atoms with Crippen LogP contribution in [0.2, 0.25) is 0 Å². The average Bonchev–Trinajstić information content (AvgIpc) is 2.71. The minimum Gasteiger partial charge on any atom is -0.481 e. The van der Waals surface area contributed by atoms with Crippen LogP contribution in [-0.4, -0.2) is 11.1 Å². The Kier molecular flexibility index (Phi) is 24.1. The molecule has 0 aromatic heterocycles. The molecule has 0 bridgehead atoms. The van der Waals surface area contributed by atoms with E-state index < -0.39 is 5.97 Å². The van der Waals surface area contributed by atoms with Crippen molar-refractivity contribution >= 4 is 5.97 Å². The van der Waals surface area contributed by atoms with E-state index in [1.807, 2.05) is 0 Å². The fourth-order valence-electron chi connectivity index (χ4n) is 3.70. The third-order valence-electron chi connectivity index (χ3n) is 5.62. The van der Waals surface area contributed by atoms with Crippen LogP contribution in [0.15, 0.2) is 24.3 Å². The summed E-state index contributed by atoms with van der Waals surface area (Å²) in [5.74, 6) is -0.660. The largest absolute Gasteiger partial charge is 0.481 e. The Morgan fingerprint density at radius 1 is 0.552 bits per heavy atom. The maximum atomic E-state index is 10.4. The van der Waals surface area contributed by atoms with Crippen LogP contribution in [0.5, 0.6) is 0 Å². The molecule has 0 radical (unpaired) electrons. The lowest BCUT2D eigenvalue weighted by Crippen LogP contribution is -1.93. The van der Waals surface area contributed by atoms with Crippen LogP contribution in [-0.2, 0) is 4.79 Å². The molecule has 0 saturated carbocycles. The minimum absolute atomic E-state index is 0.333. The molecule has 1 N–H and O–H groups in total. The summed E-state index contributed by atoms with van der Waals surface area (Å²) in [5, 5.41) is 8.58. The van der Waals surface area contributed by atoms with Crippen molar-refractivity contribution in [2.75, 3.05) is 0 Å². The molecule has 0 saturated heterocycles. The van der Waals surface area contributed by atoms with E-state index in [-0.39, 0.29) is 0 Å². The molecule has 170 valence electrons. The van der Waals surface area contributed by atoms with E-state index in [0.29, 0.717) is 6.42 Å². The fourth-order valence-corrected chi connectivity index (χ4v) is 3.70. The molecule has 0 rings (SSSR count). The summed E-state index contributed by atoms with van der Waals surface area (Å²) < 4.78 is 0. The molecule has 0 fully saturated rings. The van der Waals surface area contributed by atoms with Gasteiger partial charge in [-0.25, -0.2) is 0 Å². The van der Waals surface area contributed by atoms with Crippen molar-refractivity contribution in [2.24, 2.45) is 0 Å². The van der Waals surface area contributed by atoms with Gasteiger partial charge in [0.05, 0.1) is 0 Å². The average molecular weight is 407 g/mol. The predicted molar refractivity (Wildman–Crippen MR) is 129 cm³/mol. The number of hydrogen-bond acceptors (Lipinski definition) is 1. The zero-order valence-electron chi connectivity index (χ0n) is 19.5. The zero-order chi connectivity index (χ0) is 21.3. The van der Waals surface area contributed by atoms with Crippen molar-refractivity contribution < 1.29 is 9.90 Å². The van der Waals surface area contributed by atoms with Crippen LogP contribution in [0.1, 0.15) is 142 Å². The number of unbranched alkanes of at least 4 members (excludes halogenated alkanes) is 18. The van der Waals surface area contributed by atoms with Gasteiger partial charge in [0.1, 0.15) is 0 Å². The smallest absolute Gasteiger partial charge is 0.303 e. The summed E-state index contributed by atoms with van der Waals surface area (Å²) in [7, 11) is 0.